The average Bonchev–Trinajstić information content (AvgIpc) is 2.55. The summed E-state index contributed by atoms with van der Waals surface area (Å²) in [5.74, 6) is 3.04. The molecule has 0 aliphatic carbocycles. The summed E-state index contributed by atoms with van der Waals surface area (Å²) in [6.45, 7) is 4.27. The molecule has 2 aromatic carbocycles. The number of anilines is 2. The third kappa shape index (κ3) is 2.93. The van der Waals surface area contributed by atoms with Crippen molar-refractivity contribution in [2.45, 2.75) is 26.4 Å². The van der Waals surface area contributed by atoms with Gasteiger partial charge in [-0.1, -0.05) is 29.7 Å². The lowest BCUT2D eigenvalue weighted by atomic mass is 9.98. The van der Waals surface area contributed by atoms with Crippen molar-refractivity contribution in [3.05, 3.63) is 53.1 Å². The number of carbonyl (C=O) groups is 1. The summed E-state index contributed by atoms with van der Waals surface area (Å²) in [5.41, 5.74) is 10.4. The number of nitrogens with zero attached hydrogens (tertiary/aromatic N) is 1. The number of ether oxygens (including phenoxy) is 1. The smallest absolute Gasteiger partial charge is 0.269 e. The van der Waals surface area contributed by atoms with Crippen LogP contribution < -0.4 is 15.4 Å². The molecule has 4 nitrogen and oxygen atoms in total. The molecule has 0 saturated carbocycles. The number of carbonyl (C=O) groups excluding carboxylic acids is 1. The zero-order valence-electron chi connectivity index (χ0n) is 13.9. The highest BCUT2D eigenvalue weighted by molar-refractivity contribution is 6.01. The maximum Gasteiger partial charge on any atom is 0.269 e. The maximum absolute atomic E-state index is 12.9. The monoisotopic (exact) mass is 320 g/mol. The van der Waals surface area contributed by atoms with E-state index in [1.165, 1.54) is 0 Å². The van der Waals surface area contributed by atoms with Gasteiger partial charge in [-0.25, -0.2) is 0 Å². The van der Waals surface area contributed by atoms with E-state index in [0.717, 1.165) is 16.7 Å². The van der Waals surface area contributed by atoms with Crippen LogP contribution in [0.5, 0.6) is 5.75 Å². The highest BCUT2D eigenvalue weighted by Crippen LogP contribution is 2.36. The molecule has 1 amide bonds. The molecule has 1 aliphatic rings. The molecule has 1 heterocycles. The molecule has 2 aromatic rings. The SMILES string of the molecule is C#CCN1C(=O)C(Cc2cc(C)ccc2C)Oc2ccc(N)cc21. The summed E-state index contributed by atoms with van der Waals surface area (Å²) in [6.07, 6.45) is 5.37. The third-order valence-corrected chi connectivity index (χ3v) is 4.24. The Kier molecular flexibility index (Phi) is 4.18. The van der Waals surface area contributed by atoms with E-state index in [0.29, 0.717) is 23.5 Å². The number of nitrogen functional groups attached to an aromatic ring is 1. The van der Waals surface area contributed by atoms with Gasteiger partial charge >= 0.3 is 0 Å². The van der Waals surface area contributed by atoms with Gasteiger partial charge in [-0.05, 0) is 43.2 Å². The van der Waals surface area contributed by atoms with Crippen molar-refractivity contribution in [2.75, 3.05) is 17.2 Å². The van der Waals surface area contributed by atoms with Gasteiger partial charge in [0.15, 0.2) is 6.10 Å². The highest BCUT2D eigenvalue weighted by Gasteiger charge is 2.34. The Morgan fingerprint density at radius 3 is 2.79 bits per heavy atom. The standard InChI is InChI=1S/C20H20N2O2/c1-4-9-22-17-12-16(21)7-8-18(17)24-19(20(22)23)11-15-10-13(2)5-6-14(15)3/h1,5-8,10,12,19H,9,11,21H2,2-3H3. The van der Waals surface area contributed by atoms with Crippen LogP contribution >= 0.6 is 0 Å². The van der Waals surface area contributed by atoms with Gasteiger partial charge in [0, 0.05) is 12.1 Å². The van der Waals surface area contributed by atoms with Crippen molar-refractivity contribution >= 4 is 17.3 Å². The van der Waals surface area contributed by atoms with Crippen LogP contribution in [0, 0.1) is 26.2 Å². The minimum Gasteiger partial charge on any atom is -0.478 e. The molecule has 0 saturated heterocycles. The minimum absolute atomic E-state index is 0.132. The van der Waals surface area contributed by atoms with E-state index in [2.05, 4.69) is 24.1 Å². The van der Waals surface area contributed by atoms with E-state index in [1.807, 2.05) is 13.8 Å². The summed E-state index contributed by atoms with van der Waals surface area (Å²) >= 11 is 0. The second-order valence-electron chi connectivity index (χ2n) is 6.10. The summed E-state index contributed by atoms with van der Waals surface area (Å²) in [6, 6.07) is 11.5. The fraction of sp³-hybridized carbons (Fsp3) is 0.250. The summed E-state index contributed by atoms with van der Waals surface area (Å²) in [5, 5.41) is 0. The number of rotatable bonds is 3. The van der Waals surface area contributed by atoms with E-state index >= 15 is 0 Å². The van der Waals surface area contributed by atoms with Crippen LogP contribution in [0.3, 0.4) is 0 Å². The summed E-state index contributed by atoms with van der Waals surface area (Å²) in [7, 11) is 0. The molecule has 24 heavy (non-hydrogen) atoms. The first kappa shape index (κ1) is 15.9. The zero-order chi connectivity index (χ0) is 17.3. The Hall–Kier alpha value is -2.93. The van der Waals surface area contributed by atoms with Crippen LogP contribution in [-0.4, -0.2) is 18.6 Å². The first-order valence-corrected chi connectivity index (χ1v) is 7.86. The zero-order valence-corrected chi connectivity index (χ0v) is 13.9. The van der Waals surface area contributed by atoms with E-state index in [9.17, 15) is 4.79 Å². The Balaban J connectivity index is 1.96. The van der Waals surface area contributed by atoms with Gasteiger partial charge in [0.1, 0.15) is 5.75 Å². The molecular weight excluding hydrogens is 300 g/mol. The van der Waals surface area contributed by atoms with Gasteiger partial charge in [0.2, 0.25) is 0 Å². The molecule has 1 aliphatic heterocycles. The summed E-state index contributed by atoms with van der Waals surface area (Å²) in [4.78, 5) is 14.4. The van der Waals surface area contributed by atoms with Crippen LogP contribution in [0.1, 0.15) is 16.7 Å². The lowest BCUT2D eigenvalue weighted by Crippen LogP contribution is -2.47. The topological polar surface area (TPSA) is 55.6 Å². The van der Waals surface area contributed by atoms with Crippen molar-refractivity contribution in [3.8, 4) is 18.1 Å². The van der Waals surface area contributed by atoms with Gasteiger partial charge in [0.05, 0.1) is 12.2 Å². The molecule has 0 bridgehead atoms. The van der Waals surface area contributed by atoms with Gasteiger partial charge in [-0.2, -0.15) is 0 Å². The Morgan fingerprint density at radius 2 is 2.04 bits per heavy atom. The largest absolute Gasteiger partial charge is 0.478 e. The van der Waals surface area contributed by atoms with Gasteiger partial charge in [0.25, 0.3) is 5.91 Å². The van der Waals surface area contributed by atoms with E-state index in [1.54, 1.807) is 23.1 Å². The Morgan fingerprint density at radius 1 is 1.25 bits per heavy atom. The van der Waals surface area contributed by atoms with Crippen molar-refractivity contribution in [3.63, 3.8) is 0 Å². The van der Waals surface area contributed by atoms with E-state index in [-0.39, 0.29) is 12.5 Å². The molecule has 0 spiro atoms. The molecular formula is C20H20N2O2. The second kappa shape index (κ2) is 6.29. The molecule has 0 aromatic heterocycles. The second-order valence-corrected chi connectivity index (χ2v) is 6.10. The van der Waals surface area contributed by atoms with Crippen LogP contribution in [0.15, 0.2) is 36.4 Å². The predicted octanol–water partition coefficient (Wildman–Crippen LogP) is 2.86. The Bertz CT molecular complexity index is 836. The fourth-order valence-corrected chi connectivity index (χ4v) is 2.94. The van der Waals surface area contributed by atoms with Gasteiger partial charge in [-0.15, -0.1) is 6.42 Å². The lowest BCUT2D eigenvalue weighted by molar-refractivity contribution is -0.126. The van der Waals surface area contributed by atoms with Crippen molar-refractivity contribution in [2.24, 2.45) is 0 Å². The molecule has 3 rings (SSSR count). The molecule has 1 atom stereocenters. The molecule has 0 radical (unpaired) electrons. The van der Waals surface area contributed by atoms with Gasteiger partial charge < -0.3 is 10.5 Å². The van der Waals surface area contributed by atoms with Crippen LogP contribution in [0.2, 0.25) is 0 Å². The number of terminal acetylenes is 1. The number of hydrogen-bond acceptors (Lipinski definition) is 3. The minimum atomic E-state index is -0.588. The number of benzene rings is 2. The van der Waals surface area contributed by atoms with E-state index < -0.39 is 6.10 Å². The normalized spacial score (nSPS) is 16.3. The number of nitrogens with two attached hydrogens (primary N) is 1. The average molecular weight is 320 g/mol. The third-order valence-electron chi connectivity index (χ3n) is 4.24. The van der Waals surface area contributed by atoms with Crippen LogP contribution in [0.25, 0.3) is 0 Å². The number of aryl methyl sites for hydroxylation is 2. The quantitative estimate of drug-likeness (QED) is 0.699. The van der Waals surface area contributed by atoms with Crippen LogP contribution in [-0.2, 0) is 11.2 Å². The van der Waals surface area contributed by atoms with Crippen molar-refractivity contribution in [1.29, 1.82) is 0 Å². The first-order valence-electron chi connectivity index (χ1n) is 7.86. The molecule has 1 unspecified atom stereocenters. The molecule has 122 valence electrons. The van der Waals surface area contributed by atoms with Crippen LogP contribution in [0.4, 0.5) is 11.4 Å². The number of amides is 1. The number of fused-ring (bicyclic) bond motifs is 1. The first-order chi connectivity index (χ1) is 11.5. The van der Waals surface area contributed by atoms with Crippen molar-refractivity contribution in [1.82, 2.24) is 0 Å². The van der Waals surface area contributed by atoms with Gasteiger partial charge in [-0.3, -0.25) is 9.69 Å². The lowest BCUT2D eigenvalue weighted by Gasteiger charge is -2.33. The maximum atomic E-state index is 12.9. The Labute approximate surface area is 142 Å². The fourth-order valence-electron chi connectivity index (χ4n) is 2.94. The highest BCUT2D eigenvalue weighted by atomic mass is 16.5. The molecule has 2 N–H and O–H groups in total. The molecule has 0 fully saturated rings. The van der Waals surface area contributed by atoms with Crippen molar-refractivity contribution < 1.29 is 9.53 Å². The van der Waals surface area contributed by atoms with E-state index in [4.69, 9.17) is 16.9 Å². The summed E-state index contributed by atoms with van der Waals surface area (Å²) < 4.78 is 5.96. The molecule has 4 heteroatoms. The number of hydrogen-bond donors (Lipinski definition) is 1. The predicted molar refractivity (Wildman–Crippen MR) is 96.1 cm³/mol.